The van der Waals surface area contributed by atoms with Crippen LogP contribution in [-0.2, 0) is 6.54 Å². The van der Waals surface area contributed by atoms with Crippen LogP contribution in [0.25, 0.3) is 16.6 Å². The van der Waals surface area contributed by atoms with Crippen molar-refractivity contribution in [3.05, 3.63) is 70.3 Å². The number of para-hydroxylation sites is 1. The van der Waals surface area contributed by atoms with Gasteiger partial charge in [0.1, 0.15) is 17.0 Å². The number of piperidine rings is 1. The van der Waals surface area contributed by atoms with Crippen molar-refractivity contribution in [1.82, 2.24) is 24.9 Å². The summed E-state index contributed by atoms with van der Waals surface area (Å²) in [6.45, 7) is 2.44. The van der Waals surface area contributed by atoms with Gasteiger partial charge < -0.3 is 15.2 Å². The van der Waals surface area contributed by atoms with Gasteiger partial charge in [0.15, 0.2) is 0 Å². The van der Waals surface area contributed by atoms with E-state index in [1.807, 2.05) is 24.3 Å². The first-order valence-corrected chi connectivity index (χ1v) is 10.2. The fraction of sp³-hybridized carbons (Fsp3) is 0.273. The average molecular weight is 402 g/mol. The molecule has 30 heavy (non-hydrogen) atoms. The summed E-state index contributed by atoms with van der Waals surface area (Å²) < 4.78 is 1.58. The molecule has 1 amide bonds. The highest BCUT2D eigenvalue weighted by atomic mass is 16.2. The molecule has 4 aromatic rings. The SMILES string of the molecule is O=C(NCc1ccc(N2CCCCC2)nc1)c1cnn2c1[nH]c(=O)c1ccccc12. The van der Waals surface area contributed by atoms with E-state index in [0.29, 0.717) is 28.7 Å². The average Bonchev–Trinajstić information content (AvgIpc) is 3.23. The highest BCUT2D eigenvalue weighted by Gasteiger charge is 2.16. The quantitative estimate of drug-likeness (QED) is 0.547. The van der Waals surface area contributed by atoms with Crippen molar-refractivity contribution in [2.75, 3.05) is 18.0 Å². The number of aromatic amines is 1. The normalized spacial score (nSPS) is 14.3. The maximum atomic E-state index is 12.7. The van der Waals surface area contributed by atoms with Gasteiger partial charge in [-0.05, 0) is 43.0 Å². The molecule has 1 fully saturated rings. The molecule has 8 heteroatoms. The Bertz CT molecular complexity index is 1270. The Morgan fingerprint density at radius 3 is 2.70 bits per heavy atom. The maximum Gasteiger partial charge on any atom is 0.259 e. The Kier molecular flexibility index (Phi) is 4.66. The summed E-state index contributed by atoms with van der Waals surface area (Å²) in [5.74, 6) is 0.688. The van der Waals surface area contributed by atoms with E-state index < -0.39 is 0 Å². The van der Waals surface area contributed by atoms with Gasteiger partial charge in [-0.3, -0.25) is 9.59 Å². The number of fused-ring (bicyclic) bond motifs is 3. The van der Waals surface area contributed by atoms with Crippen LogP contribution in [0.2, 0.25) is 0 Å². The lowest BCUT2D eigenvalue weighted by atomic mass is 10.1. The molecule has 8 nitrogen and oxygen atoms in total. The van der Waals surface area contributed by atoms with E-state index in [1.54, 1.807) is 22.8 Å². The smallest absolute Gasteiger partial charge is 0.259 e. The number of anilines is 1. The Morgan fingerprint density at radius 2 is 1.90 bits per heavy atom. The highest BCUT2D eigenvalue weighted by Crippen LogP contribution is 2.18. The monoisotopic (exact) mass is 402 g/mol. The van der Waals surface area contributed by atoms with E-state index in [0.717, 1.165) is 24.5 Å². The lowest BCUT2D eigenvalue weighted by Crippen LogP contribution is -2.30. The van der Waals surface area contributed by atoms with Gasteiger partial charge in [-0.2, -0.15) is 5.10 Å². The molecule has 0 saturated carbocycles. The molecule has 5 rings (SSSR count). The number of pyridine rings is 1. The van der Waals surface area contributed by atoms with Crippen molar-refractivity contribution in [1.29, 1.82) is 0 Å². The van der Waals surface area contributed by atoms with Crippen molar-refractivity contribution in [3.8, 4) is 0 Å². The van der Waals surface area contributed by atoms with Crippen molar-refractivity contribution >= 4 is 28.3 Å². The van der Waals surface area contributed by atoms with E-state index >= 15 is 0 Å². The second kappa shape index (κ2) is 7.62. The molecular weight excluding hydrogens is 380 g/mol. The van der Waals surface area contributed by atoms with Crippen molar-refractivity contribution < 1.29 is 4.79 Å². The number of nitrogens with zero attached hydrogens (tertiary/aromatic N) is 4. The largest absolute Gasteiger partial charge is 0.357 e. The summed E-state index contributed by atoms with van der Waals surface area (Å²) in [6.07, 6.45) is 6.97. The molecule has 0 atom stereocenters. The first kappa shape index (κ1) is 18.4. The minimum atomic E-state index is -0.295. The summed E-state index contributed by atoms with van der Waals surface area (Å²) in [5, 5.41) is 7.71. The van der Waals surface area contributed by atoms with Gasteiger partial charge in [-0.1, -0.05) is 18.2 Å². The maximum absolute atomic E-state index is 12.7. The summed E-state index contributed by atoms with van der Waals surface area (Å²) in [7, 11) is 0. The van der Waals surface area contributed by atoms with Crippen LogP contribution in [0.1, 0.15) is 35.2 Å². The van der Waals surface area contributed by atoms with E-state index in [9.17, 15) is 9.59 Å². The number of amides is 1. The standard InChI is InChI=1S/C22H22N6O2/c29-21(24-13-15-8-9-19(23-12-15)27-10-4-1-5-11-27)17-14-25-28-18-7-3-2-6-16(18)22(30)26-20(17)28/h2-3,6-9,12,14H,1,4-5,10-11,13H2,(H,24,29)(H,26,30). The third kappa shape index (κ3) is 3.30. The number of benzene rings is 1. The molecule has 0 spiro atoms. The lowest BCUT2D eigenvalue weighted by Gasteiger charge is -2.27. The second-order valence-corrected chi connectivity index (χ2v) is 7.54. The number of H-pyrrole nitrogens is 1. The van der Waals surface area contributed by atoms with E-state index in [4.69, 9.17) is 0 Å². The minimum Gasteiger partial charge on any atom is -0.357 e. The number of aromatic nitrogens is 4. The molecule has 152 valence electrons. The summed E-state index contributed by atoms with van der Waals surface area (Å²) in [4.78, 5) is 34.7. The zero-order valence-corrected chi connectivity index (χ0v) is 16.5. The van der Waals surface area contributed by atoms with Gasteiger partial charge in [-0.15, -0.1) is 0 Å². The third-order valence-electron chi connectivity index (χ3n) is 5.56. The summed E-state index contributed by atoms with van der Waals surface area (Å²) >= 11 is 0. The zero-order chi connectivity index (χ0) is 20.5. The van der Waals surface area contributed by atoms with Gasteiger partial charge in [0, 0.05) is 25.8 Å². The molecule has 4 heterocycles. The Balaban J connectivity index is 1.33. The number of nitrogens with one attached hydrogen (secondary N) is 2. The predicted molar refractivity (Wildman–Crippen MR) is 115 cm³/mol. The number of carbonyl (C=O) groups is 1. The molecule has 3 aromatic heterocycles. The molecule has 1 aromatic carbocycles. The predicted octanol–water partition coefficient (Wildman–Crippen LogP) is 2.49. The van der Waals surface area contributed by atoms with Crippen LogP contribution in [0.3, 0.4) is 0 Å². The van der Waals surface area contributed by atoms with Crippen LogP contribution in [0.4, 0.5) is 5.82 Å². The van der Waals surface area contributed by atoms with Crippen LogP contribution in [0, 0.1) is 0 Å². The zero-order valence-electron chi connectivity index (χ0n) is 16.5. The lowest BCUT2D eigenvalue weighted by molar-refractivity contribution is 0.0952. The van der Waals surface area contributed by atoms with Crippen LogP contribution in [-0.4, -0.2) is 38.6 Å². The molecule has 2 N–H and O–H groups in total. The molecule has 0 bridgehead atoms. The van der Waals surface area contributed by atoms with Gasteiger partial charge in [0.2, 0.25) is 0 Å². The molecule has 0 radical (unpaired) electrons. The fourth-order valence-electron chi connectivity index (χ4n) is 3.95. The van der Waals surface area contributed by atoms with Crippen LogP contribution >= 0.6 is 0 Å². The van der Waals surface area contributed by atoms with Gasteiger partial charge in [-0.25, -0.2) is 9.50 Å². The molecule has 1 saturated heterocycles. The van der Waals surface area contributed by atoms with E-state index in [2.05, 4.69) is 25.3 Å². The fourth-order valence-corrected chi connectivity index (χ4v) is 3.95. The van der Waals surface area contributed by atoms with Crippen LogP contribution < -0.4 is 15.8 Å². The number of hydrogen-bond acceptors (Lipinski definition) is 5. The first-order valence-electron chi connectivity index (χ1n) is 10.2. The molecule has 1 aliphatic rings. The Morgan fingerprint density at radius 1 is 1.07 bits per heavy atom. The minimum absolute atomic E-state index is 0.245. The van der Waals surface area contributed by atoms with Crippen LogP contribution in [0.5, 0.6) is 0 Å². The summed E-state index contributed by atoms with van der Waals surface area (Å²) in [6, 6.07) is 11.2. The summed E-state index contributed by atoms with van der Waals surface area (Å²) in [5.41, 5.74) is 2.04. The topological polar surface area (TPSA) is 95.4 Å². The number of rotatable bonds is 4. The third-order valence-corrected chi connectivity index (χ3v) is 5.56. The first-order chi connectivity index (χ1) is 14.7. The van der Waals surface area contributed by atoms with Crippen molar-refractivity contribution in [2.24, 2.45) is 0 Å². The molecule has 1 aliphatic heterocycles. The van der Waals surface area contributed by atoms with Crippen molar-refractivity contribution in [3.63, 3.8) is 0 Å². The Hall–Kier alpha value is -3.68. The van der Waals surface area contributed by atoms with Gasteiger partial charge in [0.25, 0.3) is 11.5 Å². The Labute approximate surface area is 172 Å². The highest BCUT2D eigenvalue weighted by molar-refractivity contribution is 6.00. The van der Waals surface area contributed by atoms with E-state index in [-0.39, 0.29) is 11.5 Å². The van der Waals surface area contributed by atoms with Crippen molar-refractivity contribution in [2.45, 2.75) is 25.8 Å². The molecular formula is C22H22N6O2. The van der Waals surface area contributed by atoms with E-state index in [1.165, 1.54) is 25.5 Å². The van der Waals surface area contributed by atoms with Gasteiger partial charge in [0.05, 0.1) is 17.1 Å². The van der Waals surface area contributed by atoms with Crippen LogP contribution in [0.15, 0.2) is 53.6 Å². The molecule has 0 unspecified atom stereocenters. The number of carbonyl (C=O) groups excluding carboxylic acids is 1. The number of hydrogen-bond donors (Lipinski definition) is 2. The van der Waals surface area contributed by atoms with Gasteiger partial charge >= 0.3 is 0 Å². The second-order valence-electron chi connectivity index (χ2n) is 7.54. The molecule has 0 aliphatic carbocycles.